The molecule has 0 aromatic carbocycles. The lowest BCUT2D eigenvalue weighted by Gasteiger charge is -2.07. The molecule has 14 heavy (non-hydrogen) atoms. The first-order valence-corrected chi connectivity index (χ1v) is 6.15. The van der Waals surface area contributed by atoms with E-state index in [1.807, 2.05) is 6.92 Å². The van der Waals surface area contributed by atoms with Crippen molar-refractivity contribution < 1.29 is 8.42 Å². The van der Waals surface area contributed by atoms with Crippen molar-refractivity contribution in [2.24, 2.45) is 5.73 Å². The third-order valence-electron chi connectivity index (χ3n) is 1.80. The number of nitrogens with zero attached hydrogens (tertiary/aromatic N) is 3. The molecule has 0 radical (unpaired) electrons. The number of hydrogen-bond acceptors (Lipinski definition) is 5. The number of nitrogens with two attached hydrogens (primary N) is 1. The van der Waals surface area contributed by atoms with E-state index in [4.69, 9.17) is 5.73 Å². The third-order valence-corrected chi connectivity index (χ3v) is 2.77. The van der Waals surface area contributed by atoms with Gasteiger partial charge in [-0.05, 0) is 13.8 Å². The Morgan fingerprint density at radius 2 is 2.07 bits per heavy atom. The standard InChI is InChI=1S/C7H14N4O2S/c1-4-11-6(5(2)8)9-10-7(11)14(3,12)13/h5H,4,8H2,1-3H3. The largest absolute Gasteiger partial charge is 0.322 e. The average Bonchev–Trinajstić information content (AvgIpc) is 2.45. The van der Waals surface area contributed by atoms with Crippen molar-refractivity contribution in [2.45, 2.75) is 31.6 Å². The summed E-state index contributed by atoms with van der Waals surface area (Å²) in [5.41, 5.74) is 5.63. The third kappa shape index (κ3) is 1.93. The smallest absolute Gasteiger partial charge is 0.249 e. The van der Waals surface area contributed by atoms with Gasteiger partial charge in [0.15, 0.2) is 5.82 Å². The number of sulfone groups is 1. The molecule has 0 fully saturated rings. The second kappa shape index (κ2) is 3.66. The van der Waals surface area contributed by atoms with Crippen LogP contribution in [-0.2, 0) is 16.4 Å². The molecule has 0 spiro atoms. The first-order valence-electron chi connectivity index (χ1n) is 4.26. The van der Waals surface area contributed by atoms with E-state index in [1.165, 1.54) is 4.57 Å². The second-order valence-electron chi connectivity index (χ2n) is 3.15. The zero-order valence-corrected chi connectivity index (χ0v) is 9.24. The molecule has 1 aromatic heterocycles. The van der Waals surface area contributed by atoms with Crippen molar-refractivity contribution in [1.29, 1.82) is 0 Å². The van der Waals surface area contributed by atoms with E-state index in [9.17, 15) is 8.42 Å². The van der Waals surface area contributed by atoms with Crippen LogP contribution in [0.15, 0.2) is 5.16 Å². The predicted molar refractivity (Wildman–Crippen MR) is 51.4 cm³/mol. The summed E-state index contributed by atoms with van der Waals surface area (Å²) in [5, 5.41) is 7.37. The van der Waals surface area contributed by atoms with Gasteiger partial charge in [-0.3, -0.25) is 0 Å². The fourth-order valence-corrected chi connectivity index (χ4v) is 2.02. The molecule has 0 aliphatic heterocycles. The van der Waals surface area contributed by atoms with Crippen LogP contribution < -0.4 is 5.73 Å². The molecule has 1 rings (SSSR count). The quantitative estimate of drug-likeness (QED) is 0.753. The number of hydrogen-bond donors (Lipinski definition) is 1. The SMILES string of the molecule is CCn1c(C(C)N)nnc1S(C)(=O)=O. The van der Waals surface area contributed by atoms with Crippen molar-refractivity contribution in [3.05, 3.63) is 5.82 Å². The van der Waals surface area contributed by atoms with Gasteiger partial charge in [-0.25, -0.2) is 8.42 Å². The van der Waals surface area contributed by atoms with E-state index in [1.54, 1.807) is 6.92 Å². The van der Waals surface area contributed by atoms with Crippen LogP contribution in [0.1, 0.15) is 25.7 Å². The zero-order valence-electron chi connectivity index (χ0n) is 8.43. The fraction of sp³-hybridized carbons (Fsp3) is 0.714. The van der Waals surface area contributed by atoms with Gasteiger partial charge in [0.05, 0.1) is 6.04 Å². The Morgan fingerprint density at radius 1 is 1.50 bits per heavy atom. The lowest BCUT2D eigenvalue weighted by atomic mass is 10.3. The molecule has 0 saturated carbocycles. The van der Waals surface area contributed by atoms with Gasteiger partial charge in [-0.15, -0.1) is 10.2 Å². The molecular weight excluding hydrogens is 204 g/mol. The monoisotopic (exact) mass is 218 g/mol. The van der Waals surface area contributed by atoms with Crippen LogP contribution in [0.3, 0.4) is 0 Å². The van der Waals surface area contributed by atoms with Gasteiger partial charge in [0, 0.05) is 12.8 Å². The normalized spacial score (nSPS) is 14.3. The van der Waals surface area contributed by atoms with Gasteiger partial charge in [-0.2, -0.15) is 0 Å². The van der Waals surface area contributed by atoms with E-state index in [0.29, 0.717) is 12.4 Å². The van der Waals surface area contributed by atoms with Crippen molar-refractivity contribution >= 4 is 9.84 Å². The Kier molecular flexibility index (Phi) is 2.91. The Balaban J connectivity index is 3.35. The maximum absolute atomic E-state index is 11.3. The van der Waals surface area contributed by atoms with Gasteiger partial charge in [0.1, 0.15) is 0 Å². The lowest BCUT2D eigenvalue weighted by Crippen LogP contribution is -2.16. The van der Waals surface area contributed by atoms with Crippen molar-refractivity contribution in [2.75, 3.05) is 6.26 Å². The summed E-state index contributed by atoms with van der Waals surface area (Å²) in [6.45, 7) is 4.05. The molecule has 0 saturated heterocycles. The van der Waals surface area contributed by atoms with Crippen LogP contribution in [0.5, 0.6) is 0 Å². The molecule has 0 bridgehead atoms. The Bertz CT molecular complexity index is 421. The highest BCUT2D eigenvalue weighted by molar-refractivity contribution is 7.90. The molecule has 0 aliphatic carbocycles. The summed E-state index contributed by atoms with van der Waals surface area (Å²) in [5.74, 6) is 0.493. The highest BCUT2D eigenvalue weighted by Gasteiger charge is 2.20. The van der Waals surface area contributed by atoms with Crippen LogP contribution in [0, 0.1) is 0 Å². The van der Waals surface area contributed by atoms with Crippen molar-refractivity contribution in [1.82, 2.24) is 14.8 Å². The maximum Gasteiger partial charge on any atom is 0.249 e. The first kappa shape index (κ1) is 11.1. The van der Waals surface area contributed by atoms with E-state index >= 15 is 0 Å². The molecule has 6 nitrogen and oxygen atoms in total. The van der Waals surface area contributed by atoms with Crippen LogP contribution in [0.4, 0.5) is 0 Å². The molecule has 80 valence electrons. The lowest BCUT2D eigenvalue weighted by molar-refractivity contribution is 0.559. The summed E-state index contributed by atoms with van der Waals surface area (Å²) in [7, 11) is -3.32. The van der Waals surface area contributed by atoms with Crippen molar-refractivity contribution in [3.63, 3.8) is 0 Å². The van der Waals surface area contributed by atoms with Gasteiger partial charge in [0.2, 0.25) is 15.0 Å². The van der Waals surface area contributed by atoms with Crippen LogP contribution >= 0.6 is 0 Å². The minimum Gasteiger partial charge on any atom is -0.322 e. The number of aromatic nitrogens is 3. The summed E-state index contributed by atoms with van der Waals surface area (Å²) in [4.78, 5) is 0. The Labute approximate surface area is 83.0 Å². The topological polar surface area (TPSA) is 90.9 Å². The van der Waals surface area contributed by atoms with Crippen LogP contribution in [0.2, 0.25) is 0 Å². The summed E-state index contributed by atoms with van der Waals surface area (Å²) < 4.78 is 24.1. The highest BCUT2D eigenvalue weighted by atomic mass is 32.2. The molecule has 1 heterocycles. The fourth-order valence-electron chi connectivity index (χ4n) is 1.21. The van der Waals surface area contributed by atoms with Crippen molar-refractivity contribution in [3.8, 4) is 0 Å². The molecule has 0 amide bonds. The summed E-state index contributed by atoms with van der Waals surface area (Å²) in [6.07, 6.45) is 1.11. The molecule has 7 heteroatoms. The average molecular weight is 218 g/mol. The molecule has 2 N–H and O–H groups in total. The summed E-state index contributed by atoms with van der Waals surface area (Å²) >= 11 is 0. The molecule has 1 atom stereocenters. The van der Waals surface area contributed by atoms with E-state index in [-0.39, 0.29) is 11.2 Å². The molecule has 1 aromatic rings. The Morgan fingerprint density at radius 3 is 2.43 bits per heavy atom. The zero-order chi connectivity index (χ0) is 10.9. The minimum absolute atomic E-state index is 0.0210. The highest BCUT2D eigenvalue weighted by Crippen LogP contribution is 2.12. The van der Waals surface area contributed by atoms with Gasteiger partial charge in [-0.1, -0.05) is 0 Å². The first-order chi connectivity index (χ1) is 6.38. The van der Waals surface area contributed by atoms with E-state index in [2.05, 4.69) is 10.2 Å². The maximum atomic E-state index is 11.3. The predicted octanol–water partition coefficient (Wildman–Crippen LogP) is -0.279. The number of rotatable bonds is 3. The molecular formula is C7H14N4O2S. The minimum atomic E-state index is -3.32. The van der Waals surface area contributed by atoms with Crippen LogP contribution in [-0.4, -0.2) is 29.4 Å². The van der Waals surface area contributed by atoms with Gasteiger partial charge >= 0.3 is 0 Å². The Hall–Kier alpha value is -0.950. The summed E-state index contributed by atoms with van der Waals surface area (Å²) in [6, 6.07) is -0.321. The van der Waals surface area contributed by atoms with E-state index < -0.39 is 9.84 Å². The molecule has 1 unspecified atom stereocenters. The second-order valence-corrected chi connectivity index (χ2v) is 5.06. The van der Waals surface area contributed by atoms with Crippen LogP contribution in [0.25, 0.3) is 0 Å². The van der Waals surface area contributed by atoms with E-state index in [0.717, 1.165) is 6.26 Å². The molecule has 0 aliphatic rings. The van der Waals surface area contributed by atoms with Gasteiger partial charge < -0.3 is 10.3 Å². The van der Waals surface area contributed by atoms with Gasteiger partial charge in [0.25, 0.3) is 0 Å².